The Hall–Kier alpha value is -2.69. The molecular weight excluding hydrogens is 310 g/mol. The number of piperidine rings is 1. The summed E-state index contributed by atoms with van der Waals surface area (Å²) in [4.78, 5) is 18.4. The first kappa shape index (κ1) is 15.8. The lowest BCUT2D eigenvalue weighted by atomic mass is 10.0. The molecule has 0 bridgehead atoms. The maximum Gasteiger partial charge on any atom is 0.225 e. The van der Waals surface area contributed by atoms with Crippen LogP contribution in [0.2, 0.25) is 0 Å². The number of fused-ring (bicyclic) bond motifs is 1. The van der Waals surface area contributed by atoms with Crippen LogP contribution in [0.25, 0.3) is 10.9 Å². The van der Waals surface area contributed by atoms with Crippen molar-refractivity contribution in [1.82, 2.24) is 15.0 Å². The summed E-state index contributed by atoms with van der Waals surface area (Å²) in [6.07, 6.45) is 6.06. The topological polar surface area (TPSA) is 45.2 Å². The highest BCUT2D eigenvalue weighted by Gasteiger charge is 2.25. The third-order valence-electron chi connectivity index (χ3n) is 4.93. The molecule has 4 rings (SSSR count). The predicted octanol–water partition coefficient (Wildman–Crippen LogP) is 3.44. The van der Waals surface area contributed by atoms with Gasteiger partial charge in [-0.1, -0.05) is 18.2 Å². The largest absolute Gasteiger partial charge is 0.355 e. The third kappa shape index (κ3) is 3.27. The smallest absolute Gasteiger partial charge is 0.225 e. The van der Waals surface area contributed by atoms with Crippen molar-refractivity contribution >= 4 is 22.7 Å². The number of para-hydroxylation sites is 1. The Kier molecular flexibility index (Phi) is 4.22. The van der Waals surface area contributed by atoms with Crippen LogP contribution in [-0.2, 0) is 0 Å². The number of hydrogen-bond acceptors (Lipinski definition) is 5. The van der Waals surface area contributed by atoms with Crippen LogP contribution in [0.1, 0.15) is 18.4 Å². The van der Waals surface area contributed by atoms with Gasteiger partial charge in [-0.15, -0.1) is 0 Å². The number of pyridine rings is 1. The molecule has 1 unspecified atom stereocenters. The molecule has 0 saturated carbocycles. The van der Waals surface area contributed by atoms with Crippen molar-refractivity contribution in [3.05, 3.63) is 54.4 Å². The van der Waals surface area contributed by atoms with Crippen LogP contribution in [0.4, 0.5) is 11.8 Å². The van der Waals surface area contributed by atoms with Crippen molar-refractivity contribution in [2.24, 2.45) is 0 Å². The van der Waals surface area contributed by atoms with Crippen LogP contribution in [0.5, 0.6) is 0 Å². The number of nitrogens with zero attached hydrogens (tertiary/aromatic N) is 5. The number of benzene rings is 1. The number of hydrogen-bond donors (Lipinski definition) is 0. The van der Waals surface area contributed by atoms with Gasteiger partial charge in [-0.25, -0.2) is 15.0 Å². The van der Waals surface area contributed by atoms with E-state index in [9.17, 15) is 0 Å². The van der Waals surface area contributed by atoms with E-state index in [0.717, 1.165) is 48.8 Å². The molecule has 0 N–H and O–H groups in total. The fraction of sp³-hybridized carbons (Fsp3) is 0.350. The van der Waals surface area contributed by atoms with Crippen LogP contribution in [0.3, 0.4) is 0 Å². The molecule has 1 aliphatic heterocycles. The summed E-state index contributed by atoms with van der Waals surface area (Å²) < 4.78 is 0. The molecule has 1 aliphatic rings. The average Bonchev–Trinajstić information content (AvgIpc) is 2.68. The van der Waals surface area contributed by atoms with Crippen molar-refractivity contribution < 1.29 is 0 Å². The maximum atomic E-state index is 4.85. The number of aromatic nitrogens is 3. The molecule has 0 spiro atoms. The molecule has 0 radical (unpaired) electrons. The summed E-state index contributed by atoms with van der Waals surface area (Å²) in [5.74, 6) is 1.85. The molecule has 2 aromatic heterocycles. The predicted molar refractivity (Wildman–Crippen MR) is 102 cm³/mol. The Labute approximate surface area is 148 Å². The molecule has 0 aliphatic carbocycles. The van der Waals surface area contributed by atoms with Crippen LogP contribution in [0, 0.1) is 6.92 Å². The van der Waals surface area contributed by atoms with Gasteiger partial charge in [-0.3, -0.25) is 0 Å². The van der Waals surface area contributed by atoms with Crippen LogP contribution >= 0.6 is 0 Å². The van der Waals surface area contributed by atoms with Gasteiger partial charge in [0.05, 0.1) is 5.52 Å². The lowest BCUT2D eigenvalue weighted by Crippen LogP contribution is -2.47. The van der Waals surface area contributed by atoms with Gasteiger partial charge in [-0.05, 0) is 43.5 Å². The Bertz CT molecular complexity index is 861. The number of likely N-dealkylation sites (N-methyl/N-ethyl adjacent to an activating group) is 1. The fourth-order valence-electron chi connectivity index (χ4n) is 3.44. The van der Waals surface area contributed by atoms with E-state index in [1.165, 1.54) is 5.39 Å². The Balaban J connectivity index is 1.54. The highest BCUT2D eigenvalue weighted by atomic mass is 15.3. The van der Waals surface area contributed by atoms with Gasteiger partial charge in [0, 0.05) is 44.0 Å². The first-order valence-electron chi connectivity index (χ1n) is 8.83. The number of rotatable bonds is 3. The Morgan fingerprint density at radius 1 is 1.08 bits per heavy atom. The molecule has 1 fully saturated rings. The Morgan fingerprint density at radius 3 is 2.72 bits per heavy atom. The van der Waals surface area contributed by atoms with E-state index in [2.05, 4.69) is 57.1 Å². The molecule has 3 aromatic rings. The summed E-state index contributed by atoms with van der Waals surface area (Å²) in [6.45, 7) is 4.00. The molecule has 128 valence electrons. The van der Waals surface area contributed by atoms with Crippen molar-refractivity contribution in [1.29, 1.82) is 0 Å². The Morgan fingerprint density at radius 2 is 1.88 bits per heavy atom. The molecular formula is C20H23N5. The molecule has 3 heterocycles. The zero-order chi connectivity index (χ0) is 17.2. The number of anilines is 2. The first-order valence-corrected chi connectivity index (χ1v) is 8.83. The molecule has 1 saturated heterocycles. The van der Waals surface area contributed by atoms with E-state index in [4.69, 9.17) is 4.98 Å². The van der Waals surface area contributed by atoms with E-state index in [1.54, 1.807) is 0 Å². The minimum absolute atomic E-state index is 0.393. The van der Waals surface area contributed by atoms with E-state index < -0.39 is 0 Å². The monoisotopic (exact) mass is 333 g/mol. The normalized spacial score (nSPS) is 17.7. The summed E-state index contributed by atoms with van der Waals surface area (Å²) in [5, 5.41) is 1.19. The van der Waals surface area contributed by atoms with Gasteiger partial charge < -0.3 is 9.80 Å². The van der Waals surface area contributed by atoms with Gasteiger partial charge >= 0.3 is 0 Å². The second kappa shape index (κ2) is 6.67. The van der Waals surface area contributed by atoms with Crippen molar-refractivity contribution in [2.45, 2.75) is 25.8 Å². The van der Waals surface area contributed by atoms with Gasteiger partial charge in [0.25, 0.3) is 0 Å². The second-order valence-corrected chi connectivity index (χ2v) is 6.78. The van der Waals surface area contributed by atoms with Crippen molar-refractivity contribution in [3.63, 3.8) is 0 Å². The quantitative estimate of drug-likeness (QED) is 0.735. The van der Waals surface area contributed by atoms with E-state index in [-0.39, 0.29) is 0 Å². The molecule has 5 nitrogen and oxygen atoms in total. The summed E-state index contributed by atoms with van der Waals surface area (Å²) in [7, 11) is 2.09. The average molecular weight is 333 g/mol. The minimum atomic E-state index is 0.393. The second-order valence-electron chi connectivity index (χ2n) is 6.78. The molecule has 5 heteroatoms. The van der Waals surface area contributed by atoms with E-state index >= 15 is 0 Å². The van der Waals surface area contributed by atoms with Gasteiger partial charge in [-0.2, -0.15) is 0 Å². The van der Waals surface area contributed by atoms with E-state index in [1.807, 2.05) is 25.4 Å². The van der Waals surface area contributed by atoms with Gasteiger partial charge in [0.2, 0.25) is 5.95 Å². The van der Waals surface area contributed by atoms with Crippen LogP contribution < -0.4 is 9.80 Å². The van der Waals surface area contributed by atoms with Crippen molar-refractivity contribution in [3.8, 4) is 0 Å². The van der Waals surface area contributed by atoms with Crippen molar-refractivity contribution in [2.75, 3.05) is 29.9 Å². The summed E-state index contributed by atoms with van der Waals surface area (Å²) in [6, 6.07) is 13.0. The standard InChI is InChI=1S/C20H23N5/c1-15-12-21-20(22-13-15)24(2)17-7-5-11-25(14-17)19-10-9-16-6-3-4-8-18(16)23-19/h3-4,6,8-10,12-13,17H,5,7,11,14H2,1-2H3. The highest BCUT2D eigenvalue weighted by molar-refractivity contribution is 5.80. The minimum Gasteiger partial charge on any atom is -0.355 e. The zero-order valence-corrected chi connectivity index (χ0v) is 14.8. The lowest BCUT2D eigenvalue weighted by molar-refractivity contribution is 0.481. The molecule has 1 atom stereocenters. The van der Waals surface area contributed by atoms with Crippen LogP contribution in [-0.4, -0.2) is 41.1 Å². The summed E-state index contributed by atoms with van der Waals surface area (Å²) in [5.41, 5.74) is 2.14. The summed E-state index contributed by atoms with van der Waals surface area (Å²) >= 11 is 0. The van der Waals surface area contributed by atoms with Gasteiger partial charge in [0.15, 0.2) is 0 Å². The fourth-order valence-corrected chi connectivity index (χ4v) is 3.44. The first-order chi connectivity index (χ1) is 12.2. The SMILES string of the molecule is Cc1cnc(N(C)C2CCCN(c3ccc4ccccc4n3)C2)nc1. The molecule has 1 aromatic carbocycles. The maximum absolute atomic E-state index is 4.85. The third-order valence-corrected chi connectivity index (χ3v) is 4.93. The molecule has 25 heavy (non-hydrogen) atoms. The number of aryl methyl sites for hydroxylation is 1. The molecule has 0 amide bonds. The van der Waals surface area contributed by atoms with Gasteiger partial charge in [0.1, 0.15) is 5.82 Å². The highest BCUT2D eigenvalue weighted by Crippen LogP contribution is 2.24. The van der Waals surface area contributed by atoms with Crippen LogP contribution in [0.15, 0.2) is 48.8 Å². The zero-order valence-electron chi connectivity index (χ0n) is 14.8. The lowest BCUT2D eigenvalue weighted by Gasteiger charge is -2.38. The van der Waals surface area contributed by atoms with E-state index in [0.29, 0.717) is 6.04 Å².